The van der Waals surface area contributed by atoms with Gasteiger partial charge in [0.25, 0.3) is 0 Å². The summed E-state index contributed by atoms with van der Waals surface area (Å²) in [5.74, 6) is 1.00. The van der Waals surface area contributed by atoms with Crippen LogP contribution in [0.5, 0.6) is 11.5 Å². The molecule has 126 valence electrons. The summed E-state index contributed by atoms with van der Waals surface area (Å²) in [4.78, 5) is 28.2. The summed E-state index contributed by atoms with van der Waals surface area (Å²) < 4.78 is 10.5. The summed E-state index contributed by atoms with van der Waals surface area (Å²) in [6, 6.07) is 4.92. The molecule has 1 atom stereocenters. The van der Waals surface area contributed by atoms with Gasteiger partial charge in [0.1, 0.15) is 6.04 Å². The first kappa shape index (κ1) is 17.1. The highest BCUT2D eigenvalue weighted by atomic mass is 16.5. The average molecular weight is 320 g/mol. The molecule has 1 aliphatic rings. The molecule has 0 aliphatic carbocycles. The van der Waals surface area contributed by atoms with Crippen LogP contribution in [0, 0.1) is 5.92 Å². The summed E-state index contributed by atoms with van der Waals surface area (Å²) in [5.41, 5.74) is 0.746. The number of carbonyl (C=O) groups is 2. The number of hydrogen-bond donors (Lipinski definition) is 0. The zero-order valence-corrected chi connectivity index (χ0v) is 14.3. The van der Waals surface area contributed by atoms with Gasteiger partial charge in [-0.3, -0.25) is 9.59 Å². The van der Waals surface area contributed by atoms with Crippen molar-refractivity contribution in [1.29, 1.82) is 0 Å². The highest BCUT2D eigenvalue weighted by Gasteiger charge is 2.35. The molecule has 23 heavy (non-hydrogen) atoms. The molecule has 1 aromatic rings. The number of ether oxygens (including phenoxy) is 2. The Hall–Kier alpha value is -2.24. The lowest BCUT2D eigenvalue weighted by Gasteiger charge is -2.40. The van der Waals surface area contributed by atoms with Crippen molar-refractivity contribution >= 4 is 17.5 Å². The lowest BCUT2D eigenvalue weighted by atomic mass is 10.1. The van der Waals surface area contributed by atoms with E-state index in [0.717, 1.165) is 5.69 Å². The number of nitrogens with zero attached hydrogens (tertiary/aromatic N) is 2. The van der Waals surface area contributed by atoms with E-state index in [4.69, 9.17) is 9.47 Å². The molecule has 6 heteroatoms. The quantitative estimate of drug-likeness (QED) is 0.850. The van der Waals surface area contributed by atoms with Gasteiger partial charge in [-0.1, -0.05) is 13.8 Å². The van der Waals surface area contributed by atoms with E-state index in [1.807, 2.05) is 19.9 Å². The summed E-state index contributed by atoms with van der Waals surface area (Å²) in [6.07, 6.45) is 0. The number of rotatable bonds is 4. The van der Waals surface area contributed by atoms with Crippen LogP contribution in [-0.4, -0.2) is 50.1 Å². The molecular formula is C17H24N2O4. The normalized spacial score (nSPS) is 18.3. The van der Waals surface area contributed by atoms with E-state index in [1.54, 1.807) is 43.1 Å². The highest BCUT2D eigenvalue weighted by molar-refractivity contribution is 6.00. The lowest BCUT2D eigenvalue weighted by Crippen LogP contribution is -2.58. The second-order valence-corrected chi connectivity index (χ2v) is 5.89. The summed E-state index contributed by atoms with van der Waals surface area (Å²) in [5, 5.41) is 0. The number of benzene rings is 1. The van der Waals surface area contributed by atoms with Gasteiger partial charge in [0.15, 0.2) is 11.5 Å². The summed E-state index contributed by atoms with van der Waals surface area (Å²) >= 11 is 0. The second kappa shape index (κ2) is 6.89. The van der Waals surface area contributed by atoms with Crippen LogP contribution >= 0.6 is 0 Å². The summed E-state index contributed by atoms with van der Waals surface area (Å²) in [6.45, 7) is 6.46. The van der Waals surface area contributed by atoms with E-state index in [2.05, 4.69) is 0 Å². The first-order valence-corrected chi connectivity index (χ1v) is 7.74. The number of carbonyl (C=O) groups excluding carboxylic acids is 2. The van der Waals surface area contributed by atoms with Crippen LogP contribution in [0.4, 0.5) is 5.69 Å². The maximum atomic E-state index is 12.7. The lowest BCUT2D eigenvalue weighted by molar-refractivity contribution is -0.143. The number of amides is 2. The Bertz CT molecular complexity index is 600. The van der Waals surface area contributed by atoms with Gasteiger partial charge < -0.3 is 19.3 Å². The Labute approximate surface area is 137 Å². The predicted molar refractivity (Wildman–Crippen MR) is 87.9 cm³/mol. The van der Waals surface area contributed by atoms with Crippen LogP contribution in [-0.2, 0) is 9.59 Å². The van der Waals surface area contributed by atoms with E-state index in [-0.39, 0.29) is 17.7 Å². The van der Waals surface area contributed by atoms with Crippen molar-refractivity contribution in [3.8, 4) is 11.5 Å². The minimum Gasteiger partial charge on any atom is -0.493 e. The molecule has 0 radical (unpaired) electrons. The van der Waals surface area contributed by atoms with Crippen LogP contribution in [0.3, 0.4) is 0 Å². The highest BCUT2D eigenvalue weighted by Crippen LogP contribution is 2.32. The van der Waals surface area contributed by atoms with E-state index in [0.29, 0.717) is 24.6 Å². The Morgan fingerprint density at radius 3 is 2.39 bits per heavy atom. The molecule has 1 aliphatic heterocycles. The standard InChI is InChI=1S/C17H24N2O4/c1-11(2)16(20)18-8-9-19(17(21)12(18)3)13-6-7-14(22-4)15(10-13)23-5/h6-7,10-12H,8-9H2,1-5H3. The fourth-order valence-electron chi connectivity index (χ4n) is 2.75. The third-order valence-electron chi connectivity index (χ3n) is 4.11. The van der Waals surface area contributed by atoms with Gasteiger partial charge in [0.05, 0.1) is 14.2 Å². The van der Waals surface area contributed by atoms with Gasteiger partial charge in [-0.25, -0.2) is 0 Å². The molecule has 1 fully saturated rings. The van der Waals surface area contributed by atoms with E-state index >= 15 is 0 Å². The third kappa shape index (κ3) is 3.25. The molecular weight excluding hydrogens is 296 g/mol. The van der Waals surface area contributed by atoms with Crippen LogP contribution in [0.1, 0.15) is 20.8 Å². The molecule has 0 spiro atoms. The molecule has 2 rings (SSSR count). The molecule has 1 heterocycles. The number of methoxy groups -OCH3 is 2. The number of anilines is 1. The van der Waals surface area contributed by atoms with Crippen LogP contribution in [0.2, 0.25) is 0 Å². The molecule has 1 saturated heterocycles. The Kier molecular flexibility index (Phi) is 5.13. The first-order valence-electron chi connectivity index (χ1n) is 7.74. The maximum absolute atomic E-state index is 12.7. The van der Waals surface area contributed by atoms with Crippen molar-refractivity contribution in [2.45, 2.75) is 26.8 Å². The molecule has 1 aromatic carbocycles. The molecule has 6 nitrogen and oxygen atoms in total. The Balaban J connectivity index is 2.23. The largest absolute Gasteiger partial charge is 0.493 e. The Morgan fingerprint density at radius 1 is 1.17 bits per heavy atom. The first-order chi connectivity index (χ1) is 10.9. The van der Waals surface area contributed by atoms with Crippen molar-refractivity contribution in [3.05, 3.63) is 18.2 Å². The predicted octanol–water partition coefficient (Wildman–Crippen LogP) is 1.92. The van der Waals surface area contributed by atoms with Gasteiger partial charge in [-0.2, -0.15) is 0 Å². The smallest absolute Gasteiger partial charge is 0.249 e. The van der Waals surface area contributed by atoms with Crippen LogP contribution in [0.15, 0.2) is 18.2 Å². The van der Waals surface area contributed by atoms with Crippen molar-refractivity contribution in [3.63, 3.8) is 0 Å². The topological polar surface area (TPSA) is 59.1 Å². The Morgan fingerprint density at radius 2 is 1.83 bits per heavy atom. The maximum Gasteiger partial charge on any atom is 0.249 e. The number of piperazine rings is 1. The molecule has 0 bridgehead atoms. The van der Waals surface area contributed by atoms with Gasteiger partial charge >= 0.3 is 0 Å². The third-order valence-corrected chi connectivity index (χ3v) is 4.11. The van der Waals surface area contributed by atoms with Crippen LogP contribution < -0.4 is 14.4 Å². The molecule has 0 saturated carbocycles. The fraction of sp³-hybridized carbons (Fsp3) is 0.529. The van der Waals surface area contributed by atoms with Crippen molar-refractivity contribution in [2.75, 3.05) is 32.2 Å². The van der Waals surface area contributed by atoms with Gasteiger partial charge in [0.2, 0.25) is 11.8 Å². The minimum atomic E-state index is -0.466. The SMILES string of the molecule is COc1ccc(N2CCN(C(=O)C(C)C)C(C)C2=O)cc1OC. The van der Waals surface area contributed by atoms with Crippen molar-refractivity contribution in [1.82, 2.24) is 4.90 Å². The minimum absolute atomic E-state index is 0.0119. The summed E-state index contributed by atoms with van der Waals surface area (Å²) in [7, 11) is 3.13. The van der Waals surface area contributed by atoms with Gasteiger partial charge in [-0.15, -0.1) is 0 Å². The van der Waals surface area contributed by atoms with Gasteiger partial charge in [0, 0.05) is 30.8 Å². The fourth-order valence-corrected chi connectivity index (χ4v) is 2.75. The van der Waals surface area contributed by atoms with Gasteiger partial charge in [-0.05, 0) is 19.1 Å². The van der Waals surface area contributed by atoms with Crippen molar-refractivity contribution in [2.24, 2.45) is 5.92 Å². The van der Waals surface area contributed by atoms with Crippen LogP contribution in [0.25, 0.3) is 0 Å². The molecule has 0 aromatic heterocycles. The van der Waals surface area contributed by atoms with E-state index in [1.165, 1.54) is 0 Å². The zero-order chi connectivity index (χ0) is 17.1. The molecule has 1 unspecified atom stereocenters. The second-order valence-electron chi connectivity index (χ2n) is 5.89. The zero-order valence-electron chi connectivity index (χ0n) is 14.3. The van der Waals surface area contributed by atoms with E-state index < -0.39 is 6.04 Å². The van der Waals surface area contributed by atoms with E-state index in [9.17, 15) is 9.59 Å². The average Bonchev–Trinajstić information content (AvgIpc) is 2.56. The number of hydrogen-bond acceptors (Lipinski definition) is 4. The molecule has 0 N–H and O–H groups in total. The van der Waals surface area contributed by atoms with Crippen molar-refractivity contribution < 1.29 is 19.1 Å². The molecule has 2 amide bonds. The monoisotopic (exact) mass is 320 g/mol.